The van der Waals surface area contributed by atoms with E-state index in [1.54, 1.807) is 17.5 Å². The number of aliphatic hydroxyl groups is 1. The van der Waals surface area contributed by atoms with Gasteiger partial charge in [-0.05, 0) is 53.9 Å². The molecule has 5 rings (SSSR count). The number of aromatic nitrogens is 1. The summed E-state index contributed by atoms with van der Waals surface area (Å²) in [4.78, 5) is 32.3. The number of fused-ring (bicyclic) bond motifs is 1. The Morgan fingerprint density at radius 2 is 1.77 bits per heavy atom. The average molecular weight is 454 g/mol. The van der Waals surface area contributed by atoms with E-state index in [4.69, 9.17) is 0 Å². The van der Waals surface area contributed by atoms with Gasteiger partial charge in [0.2, 0.25) is 0 Å². The van der Waals surface area contributed by atoms with Gasteiger partial charge in [-0.2, -0.15) is 0 Å². The van der Waals surface area contributed by atoms with E-state index in [9.17, 15) is 23.5 Å². The number of benzene rings is 2. The Kier molecular flexibility index (Phi) is 4.64. The molecular weight excluding hydrogens is 442 g/mol. The molecule has 5 nitrogen and oxygen atoms in total. The molecule has 1 N–H and O–H groups in total. The minimum absolute atomic E-state index is 0.107. The number of hydrogen-bond donors (Lipinski definition) is 1. The summed E-state index contributed by atoms with van der Waals surface area (Å²) in [5.74, 6) is -3.04. The highest BCUT2D eigenvalue weighted by molar-refractivity contribution is 7.22. The molecule has 0 unspecified atom stereocenters. The molecule has 4 aromatic rings. The molecule has 0 aliphatic carbocycles. The maximum atomic E-state index is 13.6. The number of thiazole rings is 1. The van der Waals surface area contributed by atoms with Crippen molar-refractivity contribution in [3.05, 3.63) is 87.6 Å². The fourth-order valence-electron chi connectivity index (χ4n) is 3.50. The predicted octanol–water partition coefficient (Wildman–Crippen LogP) is 5.26. The molecular formula is C22H12F2N2O3S2. The number of ketones is 1. The summed E-state index contributed by atoms with van der Waals surface area (Å²) in [7, 11) is 0. The number of carbonyl (C=O) groups is 2. The Balaban J connectivity index is 1.71. The van der Waals surface area contributed by atoms with Crippen LogP contribution in [0.3, 0.4) is 0 Å². The number of hydrogen-bond acceptors (Lipinski definition) is 6. The van der Waals surface area contributed by atoms with Crippen molar-refractivity contribution in [2.24, 2.45) is 0 Å². The van der Waals surface area contributed by atoms with Crippen LogP contribution >= 0.6 is 22.7 Å². The van der Waals surface area contributed by atoms with E-state index in [0.29, 0.717) is 15.1 Å². The van der Waals surface area contributed by atoms with Crippen molar-refractivity contribution in [2.45, 2.75) is 6.04 Å². The second kappa shape index (κ2) is 7.36. The van der Waals surface area contributed by atoms with Crippen LogP contribution in [0.1, 0.15) is 16.5 Å². The van der Waals surface area contributed by atoms with Gasteiger partial charge in [-0.1, -0.05) is 17.4 Å². The Hall–Kier alpha value is -3.43. The summed E-state index contributed by atoms with van der Waals surface area (Å²) in [6.45, 7) is 0. The number of amides is 1. The molecule has 1 aliphatic rings. The molecule has 31 heavy (non-hydrogen) atoms. The minimum atomic E-state index is -0.907. The molecule has 3 heterocycles. The number of Topliss-reactive ketones (excluding diaryl/α,β-unsaturated/α-hetero) is 1. The molecule has 9 heteroatoms. The molecule has 2 aromatic carbocycles. The van der Waals surface area contributed by atoms with Crippen LogP contribution in [-0.4, -0.2) is 21.8 Å². The van der Waals surface area contributed by atoms with Gasteiger partial charge in [-0.25, -0.2) is 13.8 Å². The molecule has 0 spiro atoms. The van der Waals surface area contributed by atoms with Crippen LogP contribution in [0, 0.1) is 11.6 Å². The van der Waals surface area contributed by atoms with E-state index in [0.717, 1.165) is 23.5 Å². The van der Waals surface area contributed by atoms with E-state index in [2.05, 4.69) is 4.98 Å². The summed E-state index contributed by atoms with van der Waals surface area (Å²) in [5, 5.41) is 12.9. The maximum absolute atomic E-state index is 13.6. The summed E-state index contributed by atoms with van der Waals surface area (Å²) < 4.78 is 27.5. The van der Waals surface area contributed by atoms with Crippen molar-refractivity contribution >= 4 is 55.5 Å². The third kappa shape index (κ3) is 3.22. The number of thiophene rings is 1. The molecule has 1 fully saturated rings. The van der Waals surface area contributed by atoms with E-state index in [-0.39, 0.29) is 16.3 Å². The molecule has 1 saturated heterocycles. The standard InChI is InChI=1S/C22H12F2N2O3S2/c23-12-5-3-11(4-6-12)19(27)17-18(15-2-1-9-30-15)26(21(29)20(17)28)22-25-14-8-7-13(24)10-16(14)31-22/h1-10,18,27H/t18-/m0/s1. The third-order valence-corrected chi connectivity index (χ3v) is 6.86. The summed E-state index contributed by atoms with van der Waals surface area (Å²) in [5.41, 5.74) is 0.601. The summed E-state index contributed by atoms with van der Waals surface area (Å²) in [6.07, 6.45) is 0. The first-order chi connectivity index (χ1) is 14.9. The third-order valence-electron chi connectivity index (χ3n) is 4.92. The van der Waals surface area contributed by atoms with Gasteiger partial charge in [-0.15, -0.1) is 11.3 Å². The first kappa shape index (κ1) is 19.5. The minimum Gasteiger partial charge on any atom is -0.507 e. The zero-order valence-electron chi connectivity index (χ0n) is 15.6. The smallest absolute Gasteiger partial charge is 0.301 e. The molecule has 0 saturated carbocycles. The van der Waals surface area contributed by atoms with Gasteiger partial charge < -0.3 is 5.11 Å². The first-order valence-electron chi connectivity index (χ1n) is 9.10. The number of aliphatic hydroxyl groups excluding tert-OH is 1. The lowest BCUT2D eigenvalue weighted by Crippen LogP contribution is -2.28. The van der Waals surface area contributed by atoms with Gasteiger partial charge in [-0.3, -0.25) is 14.5 Å². The van der Waals surface area contributed by atoms with E-state index in [1.807, 2.05) is 0 Å². The number of halogens is 2. The van der Waals surface area contributed by atoms with Crippen LogP contribution in [-0.2, 0) is 9.59 Å². The Labute approximate surface area is 182 Å². The van der Waals surface area contributed by atoms with Crippen LogP contribution in [0.4, 0.5) is 13.9 Å². The van der Waals surface area contributed by atoms with Crippen LogP contribution in [0.25, 0.3) is 16.0 Å². The average Bonchev–Trinajstić information content (AvgIpc) is 3.47. The van der Waals surface area contributed by atoms with Crippen LogP contribution < -0.4 is 4.90 Å². The molecule has 0 radical (unpaired) electrons. The first-order valence-corrected chi connectivity index (χ1v) is 10.8. The second-order valence-corrected chi connectivity index (χ2v) is 8.79. The largest absolute Gasteiger partial charge is 0.507 e. The lowest BCUT2D eigenvalue weighted by molar-refractivity contribution is -0.132. The summed E-state index contributed by atoms with van der Waals surface area (Å²) in [6, 6.07) is 11.7. The van der Waals surface area contributed by atoms with E-state index < -0.39 is 35.1 Å². The monoisotopic (exact) mass is 454 g/mol. The highest BCUT2D eigenvalue weighted by Crippen LogP contribution is 2.45. The SMILES string of the molecule is O=C1C(=O)N(c2nc3ccc(F)cc3s2)[C@@H](c2cccs2)C1=C(O)c1ccc(F)cc1. The molecule has 1 amide bonds. The Morgan fingerprint density at radius 3 is 2.48 bits per heavy atom. The fourth-order valence-corrected chi connectivity index (χ4v) is 5.34. The van der Waals surface area contributed by atoms with Gasteiger partial charge in [0, 0.05) is 10.4 Å². The van der Waals surface area contributed by atoms with Crippen molar-refractivity contribution < 1.29 is 23.5 Å². The number of carbonyl (C=O) groups excluding carboxylic acids is 2. The Morgan fingerprint density at radius 1 is 1.03 bits per heavy atom. The zero-order chi connectivity index (χ0) is 21.7. The molecule has 1 atom stereocenters. The van der Waals surface area contributed by atoms with Crippen molar-refractivity contribution in [1.29, 1.82) is 0 Å². The second-order valence-electron chi connectivity index (χ2n) is 6.80. The van der Waals surface area contributed by atoms with Gasteiger partial charge in [0.1, 0.15) is 23.4 Å². The highest BCUT2D eigenvalue weighted by atomic mass is 32.1. The number of anilines is 1. The quantitative estimate of drug-likeness (QED) is 0.260. The van der Waals surface area contributed by atoms with Gasteiger partial charge in [0.05, 0.1) is 15.8 Å². The van der Waals surface area contributed by atoms with Gasteiger partial charge >= 0.3 is 5.91 Å². The van der Waals surface area contributed by atoms with Crippen LogP contribution in [0.5, 0.6) is 0 Å². The molecule has 154 valence electrons. The van der Waals surface area contributed by atoms with Crippen LogP contribution in [0.2, 0.25) is 0 Å². The molecule has 0 bridgehead atoms. The van der Waals surface area contributed by atoms with Crippen molar-refractivity contribution in [3.8, 4) is 0 Å². The van der Waals surface area contributed by atoms with Crippen molar-refractivity contribution in [1.82, 2.24) is 4.98 Å². The molecule has 2 aromatic heterocycles. The fraction of sp³-hybridized carbons (Fsp3) is 0.0455. The van der Waals surface area contributed by atoms with Gasteiger partial charge in [0.25, 0.3) is 5.78 Å². The van der Waals surface area contributed by atoms with Gasteiger partial charge in [0.15, 0.2) is 5.13 Å². The Bertz CT molecular complexity index is 1360. The maximum Gasteiger partial charge on any atom is 0.301 e. The number of nitrogens with zero attached hydrogens (tertiary/aromatic N) is 2. The normalized spacial score (nSPS) is 18.3. The van der Waals surface area contributed by atoms with Crippen molar-refractivity contribution in [3.63, 3.8) is 0 Å². The lowest BCUT2D eigenvalue weighted by Gasteiger charge is -2.21. The van der Waals surface area contributed by atoms with E-state index in [1.165, 1.54) is 46.6 Å². The van der Waals surface area contributed by atoms with Crippen molar-refractivity contribution in [2.75, 3.05) is 4.90 Å². The number of rotatable bonds is 3. The summed E-state index contributed by atoms with van der Waals surface area (Å²) >= 11 is 2.40. The van der Waals surface area contributed by atoms with E-state index >= 15 is 0 Å². The topological polar surface area (TPSA) is 70.5 Å². The lowest BCUT2D eigenvalue weighted by atomic mass is 10.00. The molecule has 1 aliphatic heterocycles. The predicted molar refractivity (Wildman–Crippen MR) is 115 cm³/mol. The van der Waals surface area contributed by atoms with Crippen LogP contribution in [0.15, 0.2) is 65.6 Å². The zero-order valence-corrected chi connectivity index (χ0v) is 17.2. The highest BCUT2D eigenvalue weighted by Gasteiger charge is 2.48.